The van der Waals surface area contributed by atoms with Gasteiger partial charge >= 0.3 is 0 Å². The van der Waals surface area contributed by atoms with Gasteiger partial charge in [0.1, 0.15) is 0 Å². The van der Waals surface area contributed by atoms with E-state index < -0.39 is 0 Å². The summed E-state index contributed by atoms with van der Waals surface area (Å²) in [6, 6.07) is 10.2. The first kappa shape index (κ1) is 20.0. The Labute approximate surface area is 176 Å². The molecule has 1 heterocycles. The molecule has 1 saturated heterocycles. The molecule has 0 atom stereocenters. The van der Waals surface area contributed by atoms with Gasteiger partial charge in [0, 0.05) is 24.2 Å². The molecule has 0 aliphatic carbocycles. The molecule has 1 aliphatic rings. The van der Waals surface area contributed by atoms with Crippen molar-refractivity contribution in [1.82, 2.24) is 4.90 Å². The van der Waals surface area contributed by atoms with Gasteiger partial charge in [-0.15, -0.1) is 0 Å². The molecule has 27 heavy (non-hydrogen) atoms. The van der Waals surface area contributed by atoms with Crippen molar-refractivity contribution < 1.29 is 9.59 Å². The zero-order valence-corrected chi connectivity index (χ0v) is 16.9. The molecule has 0 bridgehead atoms. The fraction of sp³-hybridized carbons (Fsp3) is 0.100. The van der Waals surface area contributed by atoms with Crippen molar-refractivity contribution in [2.45, 2.75) is 0 Å². The third-order valence-corrected chi connectivity index (χ3v) is 5.53. The third kappa shape index (κ3) is 4.74. The van der Waals surface area contributed by atoms with Gasteiger partial charge in [-0.25, -0.2) is 0 Å². The van der Waals surface area contributed by atoms with Crippen molar-refractivity contribution in [2.24, 2.45) is 0 Å². The summed E-state index contributed by atoms with van der Waals surface area (Å²) in [7, 11) is 0. The van der Waals surface area contributed by atoms with Gasteiger partial charge in [0.2, 0.25) is 6.41 Å². The first-order valence-electron chi connectivity index (χ1n) is 7.92. The smallest absolute Gasteiger partial charge is 0.210 e. The molecule has 7 heteroatoms. The molecule has 0 aromatic heterocycles. The Kier molecular flexibility index (Phi) is 6.28. The van der Waals surface area contributed by atoms with E-state index in [0.29, 0.717) is 31.2 Å². The van der Waals surface area contributed by atoms with Gasteiger partial charge in [-0.3, -0.25) is 9.59 Å². The fourth-order valence-corrected chi connectivity index (χ4v) is 3.36. The predicted octanol–water partition coefficient (Wildman–Crippen LogP) is 5.81. The SMILES string of the molecule is O=CN1C/C(=C\c2ccc(Cl)c(Cl)c2)C(=O)/C(=C/c2ccc(Cl)c(Cl)c2)C1. The monoisotopic (exact) mass is 439 g/mol. The highest BCUT2D eigenvalue weighted by atomic mass is 35.5. The molecule has 138 valence electrons. The largest absolute Gasteiger partial charge is 0.336 e. The Bertz CT molecular complexity index is 908. The van der Waals surface area contributed by atoms with Crippen LogP contribution in [0.2, 0.25) is 20.1 Å². The summed E-state index contributed by atoms with van der Waals surface area (Å²) in [4.78, 5) is 25.8. The number of halogens is 4. The van der Waals surface area contributed by atoms with Crippen LogP contribution in [0, 0.1) is 0 Å². The van der Waals surface area contributed by atoms with E-state index in [1.807, 2.05) is 0 Å². The molecule has 0 unspecified atom stereocenters. The van der Waals surface area contributed by atoms with Gasteiger partial charge in [-0.2, -0.15) is 0 Å². The standard InChI is InChI=1S/C20H13Cl4NO2/c21-16-3-1-12(7-18(16)23)5-14-9-25(11-26)10-15(20(14)27)6-13-2-4-17(22)19(24)8-13/h1-8,11H,9-10H2/b14-5+,15-6+. The maximum absolute atomic E-state index is 12.9. The van der Waals surface area contributed by atoms with Crippen LogP contribution < -0.4 is 0 Å². The minimum Gasteiger partial charge on any atom is -0.336 e. The number of nitrogens with zero attached hydrogens (tertiary/aromatic N) is 1. The van der Waals surface area contributed by atoms with Crippen molar-refractivity contribution in [3.8, 4) is 0 Å². The van der Waals surface area contributed by atoms with Crippen LogP contribution in [0.4, 0.5) is 0 Å². The lowest BCUT2D eigenvalue weighted by Crippen LogP contribution is -2.36. The summed E-state index contributed by atoms with van der Waals surface area (Å²) in [6.45, 7) is 0.447. The summed E-state index contributed by atoms with van der Waals surface area (Å²) in [5.74, 6) is -0.134. The van der Waals surface area contributed by atoms with Crippen LogP contribution in [0.25, 0.3) is 12.2 Å². The Morgan fingerprint density at radius 2 is 1.19 bits per heavy atom. The summed E-state index contributed by atoms with van der Waals surface area (Å²) in [5, 5.41) is 1.66. The number of rotatable bonds is 3. The number of Topliss-reactive ketones (excluding diaryl/α,β-unsaturated/α-hetero) is 1. The van der Waals surface area contributed by atoms with E-state index in [1.165, 1.54) is 4.90 Å². The average molecular weight is 441 g/mol. The number of likely N-dealkylation sites (tertiary alicyclic amines) is 1. The van der Waals surface area contributed by atoms with E-state index in [2.05, 4.69) is 0 Å². The Morgan fingerprint density at radius 3 is 1.56 bits per heavy atom. The first-order chi connectivity index (χ1) is 12.9. The molecule has 0 spiro atoms. The molecule has 2 aromatic carbocycles. The van der Waals surface area contributed by atoms with Crippen molar-refractivity contribution in [2.75, 3.05) is 13.1 Å². The van der Waals surface area contributed by atoms with Gasteiger partial charge < -0.3 is 4.90 Å². The highest BCUT2D eigenvalue weighted by Gasteiger charge is 2.25. The molecule has 3 rings (SSSR count). The van der Waals surface area contributed by atoms with Crippen LogP contribution in [0.5, 0.6) is 0 Å². The molecule has 2 aromatic rings. The molecule has 0 saturated carbocycles. The topological polar surface area (TPSA) is 37.4 Å². The molecule has 1 amide bonds. The zero-order chi connectivity index (χ0) is 19.6. The van der Waals surface area contributed by atoms with Gasteiger partial charge in [0.15, 0.2) is 5.78 Å². The maximum atomic E-state index is 12.9. The fourth-order valence-electron chi connectivity index (χ4n) is 2.75. The number of benzene rings is 2. The molecule has 0 radical (unpaired) electrons. The molecular weight excluding hydrogens is 428 g/mol. The van der Waals surface area contributed by atoms with Crippen LogP contribution >= 0.6 is 46.4 Å². The highest BCUT2D eigenvalue weighted by molar-refractivity contribution is 6.42. The Balaban J connectivity index is 1.98. The predicted molar refractivity (Wildman–Crippen MR) is 112 cm³/mol. The number of carbonyl (C=O) groups is 2. The van der Waals surface area contributed by atoms with Crippen molar-refractivity contribution in [3.05, 3.63) is 78.8 Å². The quantitative estimate of drug-likeness (QED) is 0.446. The summed E-state index contributed by atoms with van der Waals surface area (Å²) < 4.78 is 0. The van der Waals surface area contributed by atoms with Crippen LogP contribution in [0.15, 0.2) is 47.5 Å². The normalized spacial score (nSPS) is 17.6. The van der Waals surface area contributed by atoms with Crippen LogP contribution in [-0.2, 0) is 9.59 Å². The second-order valence-corrected chi connectivity index (χ2v) is 7.65. The number of piperidine rings is 1. The van der Waals surface area contributed by atoms with Crippen molar-refractivity contribution in [3.63, 3.8) is 0 Å². The molecule has 1 fully saturated rings. The average Bonchev–Trinajstić information content (AvgIpc) is 2.64. The minimum atomic E-state index is -0.134. The zero-order valence-electron chi connectivity index (χ0n) is 13.9. The summed E-state index contributed by atoms with van der Waals surface area (Å²) >= 11 is 23.9. The number of ketones is 1. The van der Waals surface area contributed by atoms with E-state index in [-0.39, 0.29) is 18.9 Å². The lowest BCUT2D eigenvalue weighted by atomic mass is 9.94. The van der Waals surface area contributed by atoms with Gasteiger partial charge in [0.25, 0.3) is 0 Å². The number of hydrogen-bond acceptors (Lipinski definition) is 2. The van der Waals surface area contributed by atoms with E-state index in [0.717, 1.165) is 17.5 Å². The van der Waals surface area contributed by atoms with Crippen LogP contribution in [0.3, 0.4) is 0 Å². The molecule has 3 nitrogen and oxygen atoms in total. The first-order valence-corrected chi connectivity index (χ1v) is 9.44. The van der Waals surface area contributed by atoms with E-state index in [9.17, 15) is 9.59 Å². The van der Waals surface area contributed by atoms with E-state index >= 15 is 0 Å². The lowest BCUT2D eigenvalue weighted by molar-refractivity contribution is -0.119. The molecule has 1 aliphatic heterocycles. The van der Waals surface area contributed by atoms with Crippen LogP contribution in [-0.4, -0.2) is 30.2 Å². The van der Waals surface area contributed by atoms with Crippen LogP contribution in [0.1, 0.15) is 11.1 Å². The summed E-state index contributed by atoms with van der Waals surface area (Å²) in [6.07, 6.45) is 4.14. The van der Waals surface area contributed by atoms with Gasteiger partial charge in [-0.05, 0) is 47.5 Å². The van der Waals surface area contributed by atoms with Gasteiger partial charge in [0.05, 0.1) is 20.1 Å². The Morgan fingerprint density at radius 1 is 0.741 bits per heavy atom. The molecular formula is C20H13Cl4NO2. The minimum absolute atomic E-state index is 0.134. The lowest BCUT2D eigenvalue weighted by Gasteiger charge is -2.26. The van der Waals surface area contributed by atoms with Crippen molar-refractivity contribution >= 4 is 70.7 Å². The third-order valence-electron chi connectivity index (χ3n) is 4.05. The Hall–Kier alpha value is -1.78. The summed E-state index contributed by atoms with van der Waals surface area (Å²) in [5.41, 5.74) is 2.43. The van der Waals surface area contributed by atoms with E-state index in [4.69, 9.17) is 46.4 Å². The van der Waals surface area contributed by atoms with Gasteiger partial charge in [-0.1, -0.05) is 58.5 Å². The number of carbonyl (C=O) groups excluding carboxylic acids is 2. The van der Waals surface area contributed by atoms with Crippen molar-refractivity contribution in [1.29, 1.82) is 0 Å². The maximum Gasteiger partial charge on any atom is 0.210 e. The number of amides is 1. The highest BCUT2D eigenvalue weighted by Crippen LogP contribution is 2.27. The second-order valence-electron chi connectivity index (χ2n) is 6.03. The van der Waals surface area contributed by atoms with E-state index in [1.54, 1.807) is 48.6 Å². The second kappa shape index (κ2) is 8.49. The number of hydrogen-bond donors (Lipinski definition) is 0. The molecule has 0 N–H and O–H groups in total.